The number of amides is 2. The summed E-state index contributed by atoms with van der Waals surface area (Å²) < 4.78 is 24.6. The summed E-state index contributed by atoms with van der Waals surface area (Å²) in [6.45, 7) is 4.72. The first-order chi connectivity index (χ1) is 15.5. The molecule has 1 aromatic carbocycles. The van der Waals surface area contributed by atoms with E-state index in [4.69, 9.17) is 0 Å². The van der Waals surface area contributed by atoms with Gasteiger partial charge in [-0.15, -0.1) is 0 Å². The molecule has 2 aliphatic heterocycles. The van der Waals surface area contributed by atoms with E-state index in [1.807, 2.05) is 18.7 Å². The maximum Gasteiger partial charge on any atom is 0.246 e. The van der Waals surface area contributed by atoms with Gasteiger partial charge >= 0.3 is 0 Å². The van der Waals surface area contributed by atoms with Crippen LogP contribution in [0.5, 0.6) is 0 Å². The van der Waals surface area contributed by atoms with Gasteiger partial charge in [-0.1, -0.05) is 0 Å². The number of hydrogen-bond acceptors (Lipinski definition) is 8. The van der Waals surface area contributed by atoms with Crippen molar-refractivity contribution in [1.29, 1.82) is 0 Å². The number of aromatic nitrogens is 2. The normalized spacial score (nSPS) is 16.9. The Bertz CT molecular complexity index is 1210. The Labute approximate surface area is 193 Å². The lowest BCUT2D eigenvalue weighted by atomic mass is 10.1. The highest BCUT2D eigenvalue weighted by atomic mass is 32.2. The second-order valence-corrected chi connectivity index (χ2v) is 10.7. The zero-order valence-corrected chi connectivity index (χ0v) is 20.0. The predicted molar refractivity (Wildman–Crippen MR) is 127 cm³/mol. The van der Waals surface area contributed by atoms with Crippen LogP contribution >= 0.6 is 0 Å². The van der Waals surface area contributed by atoms with Crippen molar-refractivity contribution in [2.75, 3.05) is 46.4 Å². The van der Waals surface area contributed by atoms with Crippen LogP contribution in [-0.2, 0) is 19.4 Å². The Morgan fingerprint density at radius 3 is 2.52 bits per heavy atom. The van der Waals surface area contributed by atoms with Crippen molar-refractivity contribution in [2.24, 2.45) is 0 Å². The van der Waals surface area contributed by atoms with E-state index in [-0.39, 0.29) is 35.2 Å². The molecule has 2 amide bonds. The highest BCUT2D eigenvalue weighted by Crippen LogP contribution is 2.34. The molecule has 33 heavy (non-hydrogen) atoms. The van der Waals surface area contributed by atoms with Crippen LogP contribution in [-0.4, -0.2) is 62.6 Å². The first-order valence-corrected chi connectivity index (χ1v) is 12.8. The average molecular weight is 473 g/mol. The number of anilines is 5. The molecule has 4 rings (SSSR count). The fourth-order valence-electron chi connectivity index (χ4n) is 4.00. The van der Waals surface area contributed by atoms with Gasteiger partial charge in [-0.2, -0.15) is 4.98 Å². The zero-order chi connectivity index (χ0) is 23.9. The van der Waals surface area contributed by atoms with Crippen LogP contribution in [0, 0.1) is 0 Å². The summed E-state index contributed by atoms with van der Waals surface area (Å²) in [4.78, 5) is 38.9. The molecule has 1 saturated heterocycles. The van der Waals surface area contributed by atoms with E-state index in [0.717, 1.165) is 19.1 Å². The van der Waals surface area contributed by atoms with Gasteiger partial charge < -0.3 is 20.0 Å². The highest BCUT2D eigenvalue weighted by Gasteiger charge is 2.30. The van der Waals surface area contributed by atoms with Crippen LogP contribution in [0.4, 0.5) is 28.8 Å². The van der Waals surface area contributed by atoms with Crippen molar-refractivity contribution in [2.45, 2.75) is 44.0 Å². The molecular weight excluding hydrogens is 444 g/mol. The smallest absolute Gasteiger partial charge is 0.246 e. The Hall–Kier alpha value is -3.21. The second-order valence-electron chi connectivity index (χ2n) is 8.69. The number of likely N-dealkylation sites (N-methyl/N-ethyl adjacent to an activating group) is 1. The SMILES string of the molecule is CC(C)N1CC(=O)N(C)c2cnc(Nc3cc(N4CCCCC4=O)cc(S(C)(=O)=O)c3)nc21. The molecule has 2 aliphatic rings. The molecule has 2 aromatic rings. The topological polar surface area (TPSA) is 116 Å². The van der Waals surface area contributed by atoms with Gasteiger partial charge in [0.25, 0.3) is 0 Å². The lowest BCUT2D eigenvalue weighted by Crippen LogP contribution is -2.47. The van der Waals surface area contributed by atoms with Gasteiger partial charge in [0.2, 0.25) is 17.8 Å². The van der Waals surface area contributed by atoms with Crippen LogP contribution in [0.1, 0.15) is 33.1 Å². The largest absolute Gasteiger partial charge is 0.343 e. The van der Waals surface area contributed by atoms with Gasteiger partial charge in [-0.05, 0) is 44.9 Å². The summed E-state index contributed by atoms with van der Waals surface area (Å²) in [7, 11) is -1.83. The summed E-state index contributed by atoms with van der Waals surface area (Å²) in [5, 5.41) is 3.09. The summed E-state index contributed by atoms with van der Waals surface area (Å²) in [5.41, 5.74) is 1.59. The third-order valence-electron chi connectivity index (χ3n) is 5.90. The summed E-state index contributed by atoms with van der Waals surface area (Å²) in [5.74, 6) is 0.819. The first kappa shape index (κ1) is 23.0. The Morgan fingerprint density at radius 1 is 1.09 bits per heavy atom. The van der Waals surface area contributed by atoms with Crippen LogP contribution in [0.2, 0.25) is 0 Å². The Kier molecular flexibility index (Phi) is 6.00. The van der Waals surface area contributed by atoms with E-state index >= 15 is 0 Å². The second kappa shape index (κ2) is 8.62. The number of hydrogen-bond donors (Lipinski definition) is 1. The minimum Gasteiger partial charge on any atom is -0.343 e. The van der Waals surface area contributed by atoms with Crippen molar-refractivity contribution in [3.8, 4) is 0 Å². The molecule has 176 valence electrons. The summed E-state index contributed by atoms with van der Waals surface area (Å²) >= 11 is 0. The van der Waals surface area contributed by atoms with E-state index in [1.165, 1.54) is 17.0 Å². The minimum absolute atomic E-state index is 0.0249. The third-order valence-corrected chi connectivity index (χ3v) is 6.99. The molecule has 0 unspecified atom stereocenters. The van der Waals surface area contributed by atoms with E-state index < -0.39 is 9.84 Å². The molecule has 0 bridgehead atoms. The van der Waals surface area contributed by atoms with Crippen LogP contribution < -0.4 is 20.0 Å². The average Bonchev–Trinajstić information content (AvgIpc) is 2.75. The number of rotatable bonds is 5. The van der Waals surface area contributed by atoms with Crippen molar-refractivity contribution in [3.63, 3.8) is 0 Å². The van der Waals surface area contributed by atoms with E-state index in [2.05, 4.69) is 15.3 Å². The van der Waals surface area contributed by atoms with Crippen LogP contribution in [0.15, 0.2) is 29.3 Å². The quantitative estimate of drug-likeness (QED) is 0.705. The molecular formula is C22H28N6O4S. The number of piperidine rings is 1. The van der Waals surface area contributed by atoms with Crippen LogP contribution in [0.25, 0.3) is 0 Å². The van der Waals surface area contributed by atoms with Gasteiger partial charge in [0.1, 0.15) is 5.69 Å². The molecule has 0 saturated carbocycles. The molecule has 0 spiro atoms. The van der Waals surface area contributed by atoms with E-state index in [0.29, 0.717) is 35.8 Å². The molecule has 11 heteroatoms. The van der Waals surface area contributed by atoms with Crippen LogP contribution in [0.3, 0.4) is 0 Å². The number of benzene rings is 1. The first-order valence-electron chi connectivity index (χ1n) is 10.9. The predicted octanol–water partition coefficient (Wildman–Crippen LogP) is 2.33. The molecule has 1 N–H and O–H groups in total. The van der Waals surface area contributed by atoms with Crippen molar-refractivity contribution in [3.05, 3.63) is 24.4 Å². The molecule has 3 heterocycles. The molecule has 1 aromatic heterocycles. The number of nitrogens with one attached hydrogen (secondary N) is 1. The van der Waals surface area contributed by atoms with Crippen molar-refractivity contribution in [1.82, 2.24) is 9.97 Å². The summed E-state index contributed by atoms with van der Waals surface area (Å²) in [6.07, 6.45) is 4.85. The van der Waals surface area contributed by atoms with Gasteiger partial charge in [0, 0.05) is 43.7 Å². The number of carbonyl (C=O) groups excluding carboxylic acids is 2. The maximum atomic E-state index is 12.4. The van der Waals surface area contributed by atoms with Gasteiger partial charge in [-0.3, -0.25) is 9.59 Å². The van der Waals surface area contributed by atoms with E-state index in [1.54, 1.807) is 24.2 Å². The van der Waals surface area contributed by atoms with Gasteiger partial charge in [-0.25, -0.2) is 13.4 Å². The van der Waals surface area contributed by atoms with Crippen molar-refractivity contribution < 1.29 is 18.0 Å². The Balaban J connectivity index is 1.73. The number of fused-ring (bicyclic) bond motifs is 1. The summed E-state index contributed by atoms with van der Waals surface area (Å²) in [6, 6.07) is 4.82. The molecule has 0 radical (unpaired) electrons. The minimum atomic E-state index is -3.52. The highest BCUT2D eigenvalue weighted by molar-refractivity contribution is 7.90. The third kappa shape index (κ3) is 4.63. The number of carbonyl (C=O) groups is 2. The monoisotopic (exact) mass is 472 g/mol. The number of sulfone groups is 1. The Morgan fingerprint density at radius 2 is 1.85 bits per heavy atom. The molecule has 1 fully saturated rings. The lowest BCUT2D eigenvalue weighted by molar-refractivity contribution is -0.119. The van der Waals surface area contributed by atoms with Crippen molar-refractivity contribution >= 4 is 50.5 Å². The fraction of sp³-hybridized carbons (Fsp3) is 0.455. The lowest BCUT2D eigenvalue weighted by Gasteiger charge is -2.36. The molecule has 0 aliphatic carbocycles. The standard InChI is InChI=1S/C22H28N6O4S/c1-14(2)28-13-20(30)26(3)18-12-23-22(25-21(18)28)24-15-9-16(11-17(10-15)33(4,31)32)27-8-6-5-7-19(27)29/h9-12,14H,5-8,13H2,1-4H3,(H,23,24,25). The van der Waals surface area contributed by atoms with Gasteiger partial charge in [0.05, 0.1) is 17.6 Å². The molecule has 0 atom stereocenters. The van der Waals surface area contributed by atoms with E-state index in [9.17, 15) is 18.0 Å². The van der Waals surface area contributed by atoms with Gasteiger partial charge in [0.15, 0.2) is 15.7 Å². The maximum absolute atomic E-state index is 12.4. The fourth-order valence-corrected chi connectivity index (χ4v) is 4.67. The number of nitrogens with zero attached hydrogens (tertiary/aromatic N) is 5. The molecule has 10 nitrogen and oxygen atoms in total. The zero-order valence-electron chi connectivity index (χ0n) is 19.2.